The van der Waals surface area contributed by atoms with Crippen LogP contribution in [-0.4, -0.2) is 72.1 Å². The number of rotatable bonds is 8. The SMILES string of the molecule is COc1cc2c3c(c(N[C@H]4CCC[C@@H]4O)nc2cc1OCCCN1CCCC1)CCC3.O=CO. The standard InChI is InChI=1S/C25H35N3O3.CH2O2/c1-30-23-15-19-17-7-4-8-18(17)25(26-20-9-5-10-22(20)29)27-21(19)16-24(23)31-14-6-13-28-11-2-3-12-28;2-1-3/h15-16,20,22,29H,2-14H2,1H3,(H,26,27);1H,(H,2,3)/t20-,22-;/m0./s1. The first-order valence-corrected chi connectivity index (χ1v) is 12.6. The van der Waals surface area contributed by atoms with Gasteiger partial charge >= 0.3 is 0 Å². The van der Waals surface area contributed by atoms with Gasteiger partial charge in [-0.3, -0.25) is 4.79 Å². The second kappa shape index (κ2) is 11.7. The maximum absolute atomic E-state index is 10.3. The van der Waals surface area contributed by atoms with Crippen LogP contribution in [-0.2, 0) is 17.6 Å². The Morgan fingerprint density at radius 2 is 1.88 bits per heavy atom. The molecule has 2 aliphatic carbocycles. The van der Waals surface area contributed by atoms with Gasteiger partial charge < -0.3 is 29.9 Å². The largest absolute Gasteiger partial charge is 0.493 e. The van der Waals surface area contributed by atoms with Crippen molar-refractivity contribution < 1.29 is 24.5 Å². The molecule has 1 aromatic carbocycles. The predicted molar refractivity (Wildman–Crippen MR) is 132 cm³/mol. The highest BCUT2D eigenvalue weighted by Gasteiger charge is 2.28. The van der Waals surface area contributed by atoms with Crippen LogP contribution in [0.3, 0.4) is 0 Å². The van der Waals surface area contributed by atoms with Crippen LogP contribution in [0.4, 0.5) is 5.82 Å². The second-order valence-corrected chi connectivity index (χ2v) is 9.40. The van der Waals surface area contributed by atoms with Crippen LogP contribution in [0.5, 0.6) is 11.5 Å². The van der Waals surface area contributed by atoms with Gasteiger partial charge in [0, 0.05) is 18.0 Å². The van der Waals surface area contributed by atoms with E-state index in [1.807, 2.05) is 6.07 Å². The fraction of sp³-hybridized carbons (Fsp3) is 0.615. The van der Waals surface area contributed by atoms with E-state index in [1.165, 1.54) is 42.4 Å². The second-order valence-electron chi connectivity index (χ2n) is 9.40. The first-order valence-electron chi connectivity index (χ1n) is 12.6. The van der Waals surface area contributed by atoms with Gasteiger partial charge in [0.15, 0.2) is 11.5 Å². The summed E-state index contributed by atoms with van der Waals surface area (Å²) in [4.78, 5) is 15.9. The van der Waals surface area contributed by atoms with Gasteiger partial charge in [-0.05, 0) is 88.1 Å². The van der Waals surface area contributed by atoms with E-state index >= 15 is 0 Å². The Hall–Kier alpha value is -2.58. The fourth-order valence-electron chi connectivity index (χ4n) is 5.53. The van der Waals surface area contributed by atoms with E-state index in [0.29, 0.717) is 6.61 Å². The molecule has 186 valence electrons. The zero-order valence-corrected chi connectivity index (χ0v) is 20.1. The van der Waals surface area contributed by atoms with Gasteiger partial charge in [0.2, 0.25) is 0 Å². The number of pyridine rings is 1. The summed E-state index contributed by atoms with van der Waals surface area (Å²) in [5.74, 6) is 2.52. The number of anilines is 1. The lowest BCUT2D eigenvalue weighted by molar-refractivity contribution is -0.122. The third-order valence-corrected chi connectivity index (χ3v) is 7.22. The van der Waals surface area contributed by atoms with Crippen molar-refractivity contribution in [3.8, 4) is 11.5 Å². The lowest BCUT2D eigenvalue weighted by atomic mass is 10.0. The Morgan fingerprint density at radius 3 is 2.59 bits per heavy atom. The van der Waals surface area contributed by atoms with E-state index in [-0.39, 0.29) is 18.6 Å². The summed E-state index contributed by atoms with van der Waals surface area (Å²) in [7, 11) is 1.71. The fourth-order valence-corrected chi connectivity index (χ4v) is 5.53. The molecule has 0 bridgehead atoms. The maximum Gasteiger partial charge on any atom is 0.290 e. The summed E-state index contributed by atoms with van der Waals surface area (Å²) < 4.78 is 11.8. The molecule has 1 aromatic heterocycles. The molecular weight excluding hydrogens is 434 g/mol. The molecule has 3 N–H and O–H groups in total. The van der Waals surface area contributed by atoms with Gasteiger partial charge in [-0.1, -0.05) is 0 Å². The van der Waals surface area contributed by atoms with E-state index in [4.69, 9.17) is 24.4 Å². The first kappa shape index (κ1) is 24.5. The predicted octanol–water partition coefficient (Wildman–Crippen LogP) is 3.62. The number of ether oxygens (including phenoxy) is 2. The molecular formula is C26H37N3O5. The summed E-state index contributed by atoms with van der Waals surface area (Å²) in [6, 6.07) is 4.25. The van der Waals surface area contributed by atoms with Crippen molar-refractivity contribution in [2.45, 2.75) is 69.9 Å². The Morgan fingerprint density at radius 1 is 1.12 bits per heavy atom. The number of hydrogen-bond acceptors (Lipinski definition) is 7. The molecule has 2 atom stereocenters. The number of likely N-dealkylation sites (tertiary alicyclic amines) is 1. The molecule has 0 radical (unpaired) electrons. The van der Waals surface area contributed by atoms with Crippen molar-refractivity contribution >= 4 is 23.2 Å². The number of methoxy groups -OCH3 is 1. The Bertz CT molecular complexity index is 977. The smallest absolute Gasteiger partial charge is 0.290 e. The monoisotopic (exact) mass is 471 g/mol. The molecule has 0 unspecified atom stereocenters. The summed E-state index contributed by atoms with van der Waals surface area (Å²) >= 11 is 0. The third kappa shape index (κ3) is 5.55. The van der Waals surface area contributed by atoms with E-state index in [1.54, 1.807) is 7.11 Å². The minimum Gasteiger partial charge on any atom is -0.493 e. The number of nitrogens with zero attached hydrogens (tertiary/aromatic N) is 2. The van der Waals surface area contributed by atoms with Crippen LogP contribution in [0.1, 0.15) is 56.1 Å². The number of fused-ring (bicyclic) bond motifs is 3. The Kier molecular flexibility index (Phi) is 8.45. The zero-order valence-electron chi connectivity index (χ0n) is 20.1. The van der Waals surface area contributed by atoms with E-state index < -0.39 is 0 Å². The van der Waals surface area contributed by atoms with Crippen LogP contribution >= 0.6 is 0 Å². The molecule has 3 aliphatic rings. The number of carbonyl (C=O) groups is 1. The first-order chi connectivity index (χ1) is 16.6. The average molecular weight is 472 g/mol. The molecule has 34 heavy (non-hydrogen) atoms. The van der Waals surface area contributed by atoms with Crippen LogP contribution in [0, 0.1) is 0 Å². The van der Waals surface area contributed by atoms with Crippen LogP contribution in [0.25, 0.3) is 10.9 Å². The summed E-state index contributed by atoms with van der Waals surface area (Å²) in [6.07, 6.45) is 9.59. The van der Waals surface area contributed by atoms with Crippen LogP contribution in [0.15, 0.2) is 12.1 Å². The number of aromatic nitrogens is 1. The van der Waals surface area contributed by atoms with Gasteiger partial charge in [-0.2, -0.15) is 0 Å². The molecule has 1 saturated carbocycles. The topological polar surface area (TPSA) is 104 Å². The quantitative estimate of drug-likeness (QED) is 0.396. The molecule has 2 heterocycles. The molecule has 2 aromatic rings. The van der Waals surface area contributed by atoms with E-state index in [9.17, 15) is 5.11 Å². The number of nitrogens with one attached hydrogen (secondary N) is 1. The van der Waals surface area contributed by atoms with Gasteiger partial charge in [0.05, 0.1) is 31.4 Å². The number of benzene rings is 1. The lowest BCUT2D eigenvalue weighted by Gasteiger charge is -2.21. The third-order valence-electron chi connectivity index (χ3n) is 7.22. The molecule has 0 spiro atoms. The Labute approximate surface area is 201 Å². The number of carboxylic acid groups (broad SMARTS) is 1. The molecule has 1 saturated heterocycles. The van der Waals surface area contributed by atoms with Crippen LogP contribution in [0.2, 0.25) is 0 Å². The molecule has 1 aliphatic heterocycles. The molecule has 8 nitrogen and oxygen atoms in total. The van der Waals surface area contributed by atoms with Gasteiger partial charge in [0.25, 0.3) is 6.47 Å². The highest BCUT2D eigenvalue weighted by Crippen LogP contribution is 2.40. The molecule has 5 rings (SSSR count). The van der Waals surface area contributed by atoms with Crippen molar-refractivity contribution in [1.29, 1.82) is 0 Å². The van der Waals surface area contributed by atoms with Crippen LogP contribution < -0.4 is 14.8 Å². The highest BCUT2D eigenvalue weighted by atomic mass is 16.5. The Balaban J connectivity index is 0.000000868. The molecule has 2 fully saturated rings. The zero-order chi connectivity index (χ0) is 23.9. The molecule has 0 amide bonds. The van der Waals surface area contributed by atoms with Gasteiger partial charge in [-0.25, -0.2) is 4.98 Å². The lowest BCUT2D eigenvalue weighted by Crippen LogP contribution is -2.29. The summed E-state index contributed by atoms with van der Waals surface area (Å²) in [5.41, 5.74) is 3.64. The van der Waals surface area contributed by atoms with Crippen molar-refractivity contribution in [2.75, 3.05) is 38.7 Å². The number of hydrogen-bond donors (Lipinski definition) is 3. The van der Waals surface area contributed by atoms with Crippen molar-refractivity contribution in [2.24, 2.45) is 0 Å². The molecule has 8 heteroatoms. The summed E-state index contributed by atoms with van der Waals surface area (Å²) in [5, 5.41) is 21.9. The van der Waals surface area contributed by atoms with E-state index in [0.717, 1.165) is 74.3 Å². The summed E-state index contributed by atoms with van der Waals surface area (Å²) in [6.45, 7) is 3.97. The average Bonchev–Trinajstić information content (AvgIpc) is 3.60. The van der Waals surface area contributed by atoms with Gasteiger partial charge in [-0.15, -0.1) is 0 Å². The number of aliphatic hydroxyl groups excluding tert-OH is 1. The highest BCUT2D eigenvalue weighted by molar-refractivity contribution is 5.89. The van der Waals surface area contributed by atoms with Crippen molar-refractivity contribution in [1.82, 2.24) is 9.88 Å². The number of aryl methyl sites for hydroxylation is 1. The van der Waals surface area contributed by atoms with E-state index in [2.05, 4.69) is 16.3 Å². The number of aliphatic hydroxyl groups is 1. The maximum atomic E-state index is 10.3. The van der Waals surface area contributed by atoms with Crippen molar-refractivity contribution in [3.05, 3.63) is 23.3 Å². The minimum absolute atomic E-state index is 0.106. The minimum atomic E-state index is -0.278. The van der Waals surface area contributed by atoms with Crippen molar-refractivity contribution in [3.63, 3.8) is 0 Å². The van der Waals surface area contributed by atoms with Gasteiger partial charge in [0.1, 0.15) is 5.82 Å². The normalized spacial score (nSPS) is 21.7.